The fourth-order valence-corrected chi connectivity index (χ4v) is 2.49. The number of ether oxygens (including phenoxy) is 1. The van der Waals surface area contributed by atoms with Gasteiger partial charge in [0, 0.05) is 11.4 Å². The maximum atomic E-state index is 5.69. The molecule has 0 spiro atoms. The lowest BCUT2D eigenvalue weighted by molar-refractivity contribution is 0.414. The van der Waals surface area contributed by atoms with Gasteiger partial charge in [0.1, 0.15) is 5.75 Å². The van der Waals surface area contributed by atoms with Crippen LogP contribution in [0.25, 0.3) is 0 Å². The Bertz CT molecular complexity index is 464. The molecule has 16 heavy (non-hydrogen) atoms. The summed E-state index contributed by atoms with van der Waals surface area (Å²) in [7, 11) is 1.69. The molecule has 0 aliphatic heterocycles. The van der Waals surface area contributed by atoms with E-state index in [4.69, 9.17) is 10.5 Å². The van der Waals surface area contributed by atoms with Gasteiger partial charge in [0.25, 0.3) is 0 Å². The average Bonchev–Trinajstić information content (AvgIpc) is 2.76. The Kier molecular flexibility index (Phi) is 3.59. The van der Waals surface area contributed by atoms with Gasteiger partial charge in [-0.05, 0) is 41.1 Å². The molecule has 1 aromatic heterocycles. The largest absolute Gasteiger partial charge is 0.497 e. The molecule has 0 amide bonds. The standard InChI is InChI=1S/C13H15NOS/c1-15-12-4-2-3-10(8-12)7-11-5-6-16-13(11)9-14/h2-6,8H,7,9,14H2,1H3. The van der Waals surface area contributed by atoms with Crippen molar-refractivity contribution in [2.75, 3.05) is 7.11 Å². The van der Waals surface area contributed by atoms with Gasteiger partial charge in [-0.3, -0.25) is 0 Å². The average molecular weight is 233 g/mol. The first-order chi connectivity index (χ1) is 7.83. The molecule has 0 saturated heterocycles. The Labute approximate surface area is 99.7 Å². The van der Waals surface area contributed by atoms with E-state index in [-0.39, 0.29) is 0 Å². The molecule has 2 nitrogen and oxygen atoms in total. The summed E-state index contributed by atoms with van der Waals surface area (Å²) in [6, 6.07) is 10.3. The third kappa shape index (κ3) is 2.43. The van der Waals surface area contributed by atoms with Gasteiger partial charge in [0.15, 0.2) is 0 Å². The number of hydrogen-bond acceptors (Lipinski definition) is 3. The molecule has 2 rings (SSSR count). The molecule has 0 bridgehead atoms. The van der Waals surface area contributed by atoms with Gasteiger partial charge >= 0.3 is 0 Å². The summed E-state index contributed by atoms with van der Waals surface area (Å²) in [4.78, 5) is 1.27. The van der Waals surface area contributed by atoms with Crippen LogP contribution in [0.1, 0.15) is 16.0 Å². The maximum absolute atomic E-state index is 5.69. The molecule has 84 valence electrons. The number of nitrogens with two attached hydrogens (primary N) is 1. The van der Waals surface area contributed by atoms with Gasteiger partial charge < -0.3 is 10.5 Å². The summed E-state index contributed by atoms with van der Waals surface area (Å²) in [5.41, 5.74) is 8.27. The molecular weight excluding hydrogens is 218 g/mol. The Morgan fingerprint density at radius 1 is 1.31 bits per heavy atom. The molecule has 3 heteroatoms. The number of rotatable bonds is 4. The first-order valence-electron chi connectivity index (χ1n) is 5.21. The molecule has 0 radical (unpaired) electrons. The highest BCUT2D eigenvalue weighted by molar-refractivity contribution is 7.10. The van der Waals surface area contributed by atoms with Gasteiger partial charge in [0.05, 0.1) is 7.11 Å². The van der Waals surface area contributed by atoms with E-state index in [1.807, 2.05) is 12.1 Å². The third-order valence-electron chi connectivity index (χ3n) is 2.55. The lowest BCUT2D eigenvalue weighted by atomic mass is 10.1. The second-order valence-electron chi connectivity index (χ2n) is 3.60. The monoisotopic (exact) mass is 233 g/mol. The zero-order valence-corrected chi connectivity index (χ0v) is 10.1. The number of benzene rings is 1. The van der Waals surface area contributed by atoms with Crippen LogP contribution >= 0.6 is 11.3 Å². The highest BCUT2D eigenvalue weighted by Gasteiger charge is 2.04. The van der Waals surface area contributed by atoms with Gasteiger partial charge in [-0.15, -0.1) is 11.3 Å². The quantitative estimate of drug-likeness (QED) is 0.881. The van der Waals surface area contributed by atoms with Crippen LogP contribution in [0.15, 0.2) is 35.7 Å². The lowest BCUT2D eigenvalue weighted by Crippen LogP contribution is -1.98. The normalized spacial score (nSPS) is 10.4. The predicted molar refractivity (Wildman–Crippen MR) is 68.0 cm³/mol. The van der Waals surface area contributed by atoms with Crippen molar-refractivity contribution in [3.05, 3.63) is 51.7 Å². The van der Waals surface area contributed by atoms with Crippen molar-refractivity contribution >= 4 is 11.3 Å². The van der Waals surface area contributed by atoms with Crippen LogP contribution in [-0.4, -0.2) is 7.11 Å². The van der Waals surface area contributed by atoms with Crippen molar-refractivity contribution in [1.29, 1.82) is 0 Å². The molecule has 0 fully saturated rings. The van der Waals surface area contributed by atoms with Crippen molar-refractivity contribution in [3.8, 4) is 5.75 Å². The van der Waals surface area contributed by atoms with E-state index >= 15 is 0 Å². The zero-order chi connectivity index (χ0) is 11.4. The molecule has 0 aliphatic carbocycles. The minimum absolute atomic E-state index is 0.622. The summed E-state index contributed by atoms with van der Waals surface area (Å²) in [5.74, 6) is 0.905. The van der Waals surface area contributed by atoms with E-state index in [1.54, 1.807) is 18.4 Å². The highest BCUT2D eigenvalue weighted by Crippen LogP contribution is 2.21. The third-order valence-corrected chi connectivity index (χ3v) is 3.54. The van der Waals surface area contributed by atoms with Gasteiger partial charge in [-0.1, -0.05) is 12.1 Å². The Balaban J connectivity index is 2.20. The molecule has 0 atom stereocenters. The summed E-state index contributed by atoms with van der Waals surface area (Å²) >= 11 is 1.72. The topological polar surface area (TPSA) is 35.2 Å². The lowest BCUT2D eigenvalue weighted by Gasteiger charge is -2.05. The maximum Gasteiger partial charge on any atom is 0.119 e. The van der Waals surface area contributed by atoms with Crippen LogP contribution in [0, 0.1) is 0 Å². The molecule has 2 N–H and O–H groups in total. The zero-order valence-electron chi connectivity index (χ0n) is 9.27. The first kappa shape index (κ1) is 11.2. The van der Waals surface area contributed by atoms with Crippen molar-refractivity contribution in [3.63, 3.8) is 0 Å². The number of methoxy groups -OCH3 is 1. The van der Waals surface area contributed by atoms with E-state index < -0.39 is 0 Å². The fourth-order valence-electron chi connectivity index (χ4n) is 1.71. The smallest absolute Gasteiger partial charge is 0.119 e. The van der Waals surface area contributed by atoms with Crippen LogP contribution in [0.2, 0.25) is 0 Å². The number of thiophene rings is 1. The highest BCUT2D eigenvalue weighted by atomic mass is 32.1. The molecule has 0 saturated carbocycles. The molecule has 1 aromatic carbocycles. The first-order valence-corrected chi connectivity index (χ1v) is 6.09. The van der Waals surface area contributed by atoms with E-state index in [0.29, 0.717) is 6.54 Å². The predicted octanol–water partition coefficient (Wildman–Crippen LogP) is 2.81. The molecule has 1 heterocycles. The summed E-state index contributed by atoms with van der Waals surface area (Å²) < 4.78 is 5.21. The fraction of sp³-hybridized carbons (Fsp3) is 0.231. The van der Waals surface area contributed by atoms with Crippen LogP contribution in [0.5, 0.6) is 5.75 Å². The minimum Gasteiger partial charge on any atom is -0.497 e. The van der Waals surface area contributed by atoms with Gasteiger partial charge in [-0.25, -0.2) is 0 Å². The number of hydrogen-bond donors (Lipinski definition) is 1. The van der Waals surface area contributed by atoms with E-state index in [0.717, 1.165) is 12.2 Å². The van der Waals surface area contributed by atoms with Crippen LogP contribution in [0.4, 0.5) is 0 Å². The Morgan fingerprint density at radius 2 is 2.19 bits per heavy atom. The minimum atomic E-state index is 0.622. The summed E-state index contributed by atoms with van der Waals surface area (Å²) in [6.45, 7) is 0.622. The Morgan fingerprint density at radius 3 is 2.94 bits per heavy atom. The molecule has 0 unspecified atom stereocenters. The second kappa shape index (κ2) is 5.14. The van der Waals surface area contributed by atoms with Crippen molar-refractivity contribution < 1.29 is 4.74 Å². The second-order valence-corrected chi connectivity index (χ2v) is 4.60. The van der Waals surface area contributed by atoms with Gasteiger partial charge in [0.2, 0.25) is 0 Å². The van der Waals surface area contributed by atoms with E-state index in [9.17, 15) is 0 Å². The summed E-state index contributed by atoms with van der Waals surface area (Å²) in [6.07, 6.45) is 0.924. The van der Waals surface area contributed by atoms with Crippen molar-refractivity contribution in [1.82, 2.24) is 0 Å². The Hall–Kier alpha value is -1.32. The summed E-state index contributed by atoms with van der Waals surface area (Å²) in [5, 5.41) is 2.09. The molecule has 2 aromatic rings. The molecular formula is C13H15NOS. The van der Waals surface area contributed by atoms with Crippen LogP contribution in [-0.2, 0) is 13.0 Å². The van der Waals surface area contributed by atoms with Crippen LogP contribution in [0.3, 0.4) is 0 Å². The van der Waals surface area contributed by atoms with Crippen molar-refractivity contribution in [2.45, 2.75) is 13.0 Å². The van der Waals surface area contributed by atoms with E-state index in [1.165, 1.54) is 16.0 Å². The SMILES string of the molecule is COc1cccc(Cc2ccsc2CN)c1. The molecule has 0 aliphatic rings. The van der Waals surface area contributed by atoms with E-state index in [2.05, 4.69) is 23.6 Å². The van der Waals surface area contributed by atoms with Gasteiger partial charge in [-0.2, -0.15) is 0 Å². The van der Waals surface area contributed by atoms with Crippen LogP contribution < -0.4 is 10.5 Å². The van der Waals surface area contributed by atoms with Crippen molar-refractivity contribution in [2.24, 2.45) is 5.73 Å².